The minimum absolute atomic E-state index is 0. The third kappa shape index (κ3) is 4.50. The van der Waals surface area contributed by atoms with Gasteiger partial charge in [-0.05, 0) is 24.6 Å². The standard InChI is InChI=1S/C11H15NO4.ClH/c1-2-16-11(15)6-8(12)7-3-4-9(13)10(14)5-7;/h3-5,8,13-14H,2,6,12H2,1H3;1H/t8-;/m1./s1. The molecule has 1 atom stereocenters. The largest absolute Gasteiger partial charge is 0.504 e. The Kier molecular flexibility index (Phi) is 6.38. The summed E-state index contributed by atoms with van der Waals surface area (Å²) < 4.78 is 4.76. The molecule has 1 aromatic rings. The molecular formula is C11H16ClNO4. The molecule has 0 aromatic heterocycles. The Labute approximate surface area is 106 Å². The van der Waals surface area contributed by atoms with Crippen molar-refractivity contribution in [2.45, 2.75) is 19.4 Å². The zero-order valence-electron chi connectivity index (χ0n) is 9.42. The second-order valence-electron chi connectivity index (χ2n) is 3.36. The second-order valence-corrected chi connectivity index (χ2v) is 3.36. The van der Waals surface area contributed by atoms with Gasteiger partial charge in [-0.25, -0.2) is 0 Å². The number of rotatable bonds is 4. The van der Waals surface area contributed by atoms with E-state index in [0.717, 1.165) is 0 Å². The second kappa shape index (κ2) is 6.98. The molecule has 0 radical (unpaired) electrons. The first-order valence-electron chi connectivity index (χ1n) is 4.97. The fraction of sp³-hybridized carbons (Fsp3) is 0.364. The topological polar surface area (TPSA) is 92.8 Å². The van der Waals surface area contributed by atoms with E-state index in [4.69, 9.17) is 15.6 Å². The van der Waals surface area contributed by atoms with Gasteiger partial charge in [0.15, 0.2) is 11.5 Å². The summed E-state index contributed by atoms with van der Waals surface area (Å²) >= 11 is 0. The maximum Gasteiger partial charge on any atom is 0.307 e. The molecule has 0 fully saturated rings. The van der Waals surface area contributed by atoms with Crippen LogP contribution in [0.25, 0.3) is 0 Å². The van der Waals surface area contributed by atoms with E-state index in [-0.39, 0.29) is 36.3 Å². The van der Waals surface area contributed by atoms with E-state index >= 15 is 0 Å². The van der Waals surface area contributed by atoms with Gasteiger partial charge in [0.2, 0.25) is 0 Å². The van der Waals surface area contributed by atoms with Crippen LogP contribution in [0.3, 0.4) is 0 Å². The summed E-state index contributed by atoms with van der Waals surface area (Å²) in [6.07, 6.45) is 0.0397. The molecule has 0 aliphatic rings. The number of ether oxygens (including phenoxy) is 1. The van der Waals surface area contributed by atoms with E-state index in [1.807, 2.05) is 0 Å². The van der Waals surface area contributed by atoms with Crippen LogP contribution in [0.1, 0.15) is 24.9 Å². The number of nitrogens with two attached hydrogens (primary N) is 1. The van der Waals surface area contributed by atoms with Gasteiger partial charge in [0.1, 0.15) is 0 Å². The minimum Gasteiger partial charge on any atom is -0.504 e. The number of aromatic hydroxyl groups is 2. The van der Waals surface area contributed by atoms with Gasteiger partial charge in [-0.1, -0.05) is 6.07 Å². The van der Waals surface area contributed by atoms with Crippen LogP contribution in [0.2, 0.25) is 0 Å². The van der Waals surface area contributed by atoms with E-state index in [2.05, 4.69) is 0 Å². The highest BCUT2D eigenvalue weighted by Gasteiger charge is 2.13. The van der Waals surface area contributed by atoms with Gasteiger partial charge in [0, 0.05) is 6.04 Å². The summed E-state index contributed by atoms with van der Waals surface area (Å²) in [5.41, 5.74) is 6.32. The van der Waals surface area contributed by atoms with Gasteiger partial charge >= 0.3 is 5.97 Å². The lowest BCUT2D eigenvalue weighted by Crippen LogP contribution is -2.17. The summed E-state index contributed by atoms with van der Waals surface area (Å²) in [5, 5.41) is 18.4. The zero-order valence-corrected chi connectivity index (χ0v) is 10.2. The Hall–Kier alpha value is -1.46. The van der Waals surface area contributed by atoms with Crippen molar-refractivity contribution in [3.63, 3.8) is 0 Å². The Morgan fingerprint density at radius 2 is 2.06 bits per heavy atom. The molecule has 0 saturated heterocycles. The molecule has 6 heteroatoms. The predicted molar refractivity (Wildman–Crippen MR) is 65.2 cm³/mol. The Morgan fingerprint density at radius 3 is 2.59 bits per heavy atom. The Bertz CT molecular complexity index is 384. The number of benzene rings is 1. The Balaban J connectivity index is 0.00000256. The normalized spacial score (nSPS) is 11.4. The summed E-state index contributed by atoms with van der Waals surface area (Å²) in [7, 11) is 0. The minimum atomic E-state index is -0.550. The summed E-state index contributed by atoms with van der Waals surface area (Å²) in [6, 6.07) is 3.67. The third-order valence-corrected chi connectivity index (χ3v) is 2.12. The van der Waals surface area contributed by atoms with Crippen LogP contribution in [0.5, 0.6) is 11.5 Å². The zero-order chi connectivity index (χ0) is 12.1. The average Bonchev–Trinajstić information content (AvgIpc) is 2.22. The number of carbonyl (C=O) groups excluding carboxylic acids is 1. The van der Waals surface area contributed by atoms with Crippen molar-refractivity contribution in [2.24, 2.45) is 5.73 Å². The molecule has 0 saturated carbocycles. The van der Waals surface area contributed by atoms with E-state index in [1.165, 1.54) is 12.1 Å². The summed E-state index contributed by atoms with van der Waals surface area (Å²) in [4.78, 5) is 11.2. The summed E-state index contributed by atoms with van der Waals surface area (Å²) in [5.74, 6) is -0.855. The van der Waals surface area contributed by atoms with Crippen LogP contribution in [0.4, 0.5) is 0 Å². The van der Waals surface area contributed by atoms with Crippen molar-refractivity contribution < 1.29 is 19.7 Å². The highest BCUT2D eigenvalue weighted by Crippen LogP contribution is 2.28. The van der Waals surface area contributed by atoms with Crippen LogP contribution in [0, 0.1) is 0 Å². The predicted octanol–water partition coefficient (Wildman–Crippen LogP) is 1.47. The molecule has 0 aliphatic carbocycles. The van der Waals surface area contributed by atoms with Gasteiger partial charge in [0.05, 0.1) is 13.0 Å². The fourth-order valence-electron chi connectivity index (χ4n) is 1.29. The Morgan fingerprint density at radius 1 is 1.41 bits per heavy atom. The number of hydrogen-bond donors (Lipinski definition) is 3. The first kappa shape index (κ1) is 15.5. The van der Waals surface area contributed by atoms with E-state index in [0.29, 0.717) is 12.2 Å². The van der Waals surface area contributed by atoms with Crippen LogP contribution in [0.15, 0.2) is 18.2 Å². The van der Waals surface area contributed by atoms with Crippen LogP contribution in [-0.2, 0) is 9.53 Å². The van der Waals surface area contributed by atoms with Crippen molar-refractivity contribution in [2.75, 3.05) is 6.61 Å². The number of phenolic OH excluding ortho intramolecular Hbond substituents is 2. The van der Waals surface area contributed by atoms with Gasteiger partial charge in [-0.3, -0.25) is 4.79 Å². The maximum absolute atomic E-state index is 11.2. The number of hydrogen-bond acceptors (Lipinski definition) is 5. The van der Waals surface area contributed by atoms with Crippen molar-refractivity contribution in [3.8, 4) is 11.5 Å². The highest BCUT2D eigenvalue weighted by atomic mass is 35.5. The molecular weight excluding hydrogens is 246 g/mol. The molecule has 1 rings (SSSR count). The number of esters is 1. The van der Waals surface area contributed by atoms with Gasteiger partial charge in [0.25, 0.3) is 0 Å². The highest BCUT2D eigenvalue weighted by molar-refractivity contribution is 5.85. The number of halogens is 1. The monoisotopic (exact) mass is 261 g/mol. The molecule has 1 aromatic carbocycles. The molecule has 0 heterocycles. The molecule has 0 aliphatic heterocycles. The lowest BCUT2D eigenvalue weighted by molar-refractivity contribution is -0.143. The molecule has 17 heavy (non-hydrogen) atoms. The molecule has 0 spiro atoms. The maximum atomic E-state index is 11.2. The van der Waals surface area contributed by atoms with Crippen molar-refractivity contribution in [3.05, 3.63) is 23.8 Å². The number of phenols is 2. The van der Waals surface area contributed by atoms with E-state index < -0.39 is 6.04 Å². The molecule has 96 valence electrons. The van der Waals surface area contributed by atoms with Crippen molar-refractivity contribution >= 4 is 18.4 Å². The molecule has 0 amide bonds. The van der Waals surface area contributed by atoms with Crippen LogP contribution in [-0.4, -0.2) is 22.8 Å². The van der Waals surface area contributed by atoms with Crippen LogP contribution < -0.4 is 5.73 Å². The molecule has 0 bridgehead atoms. The van der Waals surface area contributed by atoms with Crippen molar-refractivity contribution in [1.29, 1.82) is 0 Å². The van der Waals surface area contributed by atoms with E-state index in [1.54, 1.807) is 13.0 Å². The SMILES string of the molecule is CCOC(=O)C[C@@H](N)c1ccc(O)c(O)c1.Cl. The average molecular weight is 262 g/mol. The smallest absolute Gasteiger partial charge is 0.307 e. The van der Waals surface area contributed by atoms with Crippen LogP contribution >= 0.6 is 12.4 Å². The molecule has 4 N–H and O–H groups in total. The van der Waals surface area contributed by atoms with Gasteiger partial charge in [-0.15, -0.1) is 12.4 Å². The molecule has 0 unspecified atom stereocenters. The first-order chi connectivity index (χ1) is 7.54. The molecule has 5 nitrogen and oxygen atoms in total. The summed E-state index contributed by atoms with van der Waals surface area (Å²) in [6.45, 7) is 2.03. The quantitative estimate of drug-likeness (QED) is 0.564. The first-order valence-corrected chi connectivity index (χ1v) is 4.97. The van der Waals surface area contributed by atoms with E-state index in [9.17, 15) is 9.90 Å². The van der Waals surface area contributed by atoms with Crippen molar-refractivity contribution in [1.82, 2.24) is 0 Å². The lowest BCUT2D eigenvalue weighted by Gasteiger charge is -2.11. The van der Waals surface area contributed by atoms with Gasteiger partial charge in [-0.2, -0.15) is 0 Å². The van der Waals surface area contributed by atoms with Gasteiger partial charge < -0.3 is 20.7 Å². The third-order valence-electron chi connectivity index (χ3n) is 2.12. The number of carbonyl (C=O) groups is 1. The fourth-order valence-corrected chi connectivity index (χ4v) is 1.29. The lowest BCUT2D eigenvalue weighted by atomic mass is 10.0.